The fourth-order valence-electron chi connectivity index (χ4n) is 1.83. The maximum absolute atomic E-state index is 12.3. The van der Waals surface area contributed by atoms with Crippen molar-refractivity contribution >= 4 is 5.91 Å². The molecule has 0 saturated carbocycles. The average Bonchev–Trinajstić information content (AvgIpc) is 2.81. The number of benzene rings is 1. The number of nitrogens with zero attached hydrogens (tertiary/aromatic N) is 1. The Hall–Kier alpha value is -2.10. The number of carbonyl (C=O) groups excluding carboxylic acids is 1. The molecule has 2 rings (SSSR count). The second-order valence-corrected chi connectivity index (χ2v) is 4.61. The van der Waals surface area contributed by atoms with Crippen molar-refractivity contribution in [2.24, 2.45) is 0 Å². The molecular weight excluding hydrogens is 240 g/mol. The number of aryl methyl sites for hydroxylation is 1. The standard InChI is InChI=1S/C15H18N2O2/c1-4-10(2)16-15(18)13-11(3)19-17-14(13)12-8-6-5-7-9-12/h5-10H,4H2,1-3H3,(H,16,18). The Morgan fingerprint density at radius 1 is 1.37 bits per heavy atom. The zero-order valence-electron chi connectivity index (χ0n) is 11.4. The topological polar surface area (TPSA) is 55.1 Å². The molecular formula is C15H18N2O2. The van der Waals surface area contributed by atoms with Gasteiger partial charge >= 0.3 is 0 Å². The Morgan fingerprint density at radius 2 is 2.05 bits per heavy atom. The number of hydrogen-bond donors (Lipinski definition) is 1. The molecule has 1 unspecified atom stereocenters. The second-order valence-electron chi connectivity index (χ2n) is 4.61. The predicted molar refractivity (Wildman–Crippen MR) is 73.9 cm³/mol. The van der Waals surface area contributed by atoms with Gasteiger partial charge in [-0.05, 0) is 20.3 Å². The minimum atomic E-state index is -0.132. The van der Waals surface area contributed by atoms with E-state index in [-0.39, 0.29) is 11.9 Å². The number of rotatable bonds is 4. The van der Waals surface area contributed by atoms with Crippen LogP contribution in [0.5, 0.6) is 0 Å². The predicted octanol–water partition coefficient (Wildman–Crippen LogP) is 3.18. The normalized spacial score (nSPS) is 12.2. The zero-order valence-corrected chi connectivity index (χ0v) is 11.4. The van der Waals surface area contributed by atoms with Crippen molar-refractivity contribution in [3.63, 3.8) is 0 Å². The molecule has 0 aliphatic carbocycles. The molecule has 0 fully saturated rings. The monoisotopic (exact) mass is 258 g/mol. The molecule has 0 radical (unpaired) electrons. The summed E-state index contributed by atoms with van der Waals surface area (Å²) in [5.41, 5.74) is 2.00. The van der Waals surface area contributed by atoms with Crippen molar-refractivity contribution in [2.45, 2.75) is 33.2 Å². The zero-order chi connectivity index (χ0) is 13.8. The van der Waals surface area contributed by atoms with E-state index < -0.39 is 0 Å². The van der Waals surface area contributed by atoms with Crippen LogP contribution >= 0.6 is 0 Å². The summed E-state index contributed by atoms with van der Waals surface area (Å²) in [5.74, 6) is 0.409. The molecule has 100 valence electrons. The summed E-state index contributed by atoms with van der Waals surface area (Å²) < 4.78 is 5.18. The molecule has 0 saturated heterocycles. The van der Waals surface area contributed by atoms with E-state index in [9.17, 15) is 4.79 Å². The van der Waals surface area contributed by atoms with Crippen LogP contribution in [0.2, 0.25) is 0 Å². The molecule has 4 heteroatoms. The highest BCUT2D eigenvalue weighted by molar-refractivity contribution is 6.00. The van der Waals surface area contributed by atoms with E-state index in [2.05, 4.69) is 10.5 Å². The lowest BCUT2D eigenvalue weighted by Crippen LogP contribution is -2.32. The molecule has 0 spiro atoms. The molecule has 19 heavy (non-hydrogen) atoms. The lowest BCUT2D eigenvalue weighted by atomic mass is 10.1. The Kier molecular flexibility index (Phi) is 4.00. The van der Waals surface area contributed by atoms with Crippen LogP contribution in [0.3, 0.4) is 0 Å². The largest absolute Gasteiger partial charge is 0.360 e. The SMILES string of the molecule is CCC(C)NC(=O)c1c(-c2ccccc2)noc1C. The molecule has 1 amide bonds. The van der Waals surface area contributed by atoms with Crippen molar-refractivity contribution in [3.05, 3.63) is 41.7 Å². The molecule has 1 heterocycles. The van der Waals surface area contributed by atoms with Gasteiger partial charge in [-0.25, -0.2) is 0 Å². The fourth-order valence-corrected chi connectivity index (χ4v) is 1.83. The van der Waals surface area contributed by atoms with Crippen LogP contribution < -0.4 is 5.32 Å². The average molecular weight is 258 g/mol. The van der Waals surface area contributed by atoms with E-state index >= 15 is 0 Å². The fraction of sp³-hybridized carbons (Fsp3) is 0.333. The molecule has 2 aromatic rings. The van der Waals surface area contributed by atoms with Gasteiger partial charge in [0.05, 0.1) is 0 Å². The smallest absolute Gasteiger partial charge is 0.257 e. The van der Waals surface area contributed by atoms with E-state index in [1.165, 1.54) is 0 Å². The summed E-state index contributed by atoms with van der Waals surface area (Å²) in [4.78, 5) is 12.3. The third-order valence-corrected chi connectivity index (χ3v) is 3.13. The first kappa shape index (κ1) is 13.3. The van der Waals surface area contributed by atoms with Gasteiger partial charge in [0.15, 0.2) is 0 Å². The highest BCUT2D eigenvalue weighted by Crippen LogP contribution is 2.24. The summed E-state index contributed by atoms with van der Waals surface area (Å²) in [5, 5.41) is 6.95. The summed E-state index contributed by atoms with van der Waals surface area (Å²) >= 11 is 0. The third kappa shape index (κ3) is 2.84. The van der Waals surface area contributed by atoms with E-state index in [0.717, 1.165) is 12.0 Å². The summed E-state index contributed by atoms with van der Waals surface area (Å²) in [6.07, 6.45) is 0.886. The van der Waals surface area contributed by atoms with Crippen LogP contribution in [0.25, 0.3) is 11.3 Å². The van der Waals surface area contributed by atoms with Crippen LogP contribution in [-0.4, -0.2) is 17.1 Å². The van der Waals surface area contributed by atoms with E-state index in [1.807, 2.05) is 44.2 Å². The highest BCUT2D eigenvalue weighted by Gasteiger charge is 2.22. The van der Waals surface area contributed by atoms with E-state index in [0.29, 0.717) is 17.0 Å². The van der Waals surface area contributed by atoms with Gasteiger partial charge in [-0.1, -0.05) is 42.4 Å². The van der Waals surface area contributed by atoms with Gasteiger partial charge in [0, 0.05) is 11.6 Å². The van der Waals surface area contributed by atoms with Gasteiger partial charge in [0.1, 0.15) is 17.0 Å². The first-order chi connectivity index (χ1) is 9.13. The summed E-state index contributed by atoms with van der Waals surface area (Å²) in [7, 11) is 0. The van der Waals surface area contributed by atoms with Crippen molar-refractivity contribution in [1.82, 2.24) is 10.5 Å². The van der Waals surface area contributed by atoms with Crippen molar-refractivity contribution < 1.29 is 9.32 Å². The lowest BCUT2D eigenvalue weighted by Gasteiger charge is -2.11. The van der Waals surface area contributed by atoms with Crippen LogP contribution in [0.1, 0.15) is 36.4 Å². The molecule has 1 N–H and O–H groups in total. The maximum Gasteiger partial charge on any atom is 0.257 e. The number of hydrogen-bond acceptors (Lipinski definition) is 3. The van der Waals surface area contributed by atoms with Crippen molar-refractivity contribution in [1.29, 1.82) is 0 Å². The first-order valence-corrected chi connectivity index (χ1v) is 6.46. The van der Waals surface area contributed by atoms with Crippen LogP contribution in [0.4, 0.5) is 0 Å². The van der Waals surface area contributed by atoms with Gasteiger partial charge in [-0.2, -0.15) is 0 Å². The summed E-state index contributed by atoms with van der Waals surface area (Å²) in [6.45, 7) is 5.76. The molecule has 1 atom stereocenters. The van der Waals surface area contributed by atoms with Gasteiger partial charge in [-0.3, -0.25) is 4.79 Å². The van der Waals surface area contributed by atoms with Gasteiger partial charge < -0.3 is 9.84 Å². The number of nitrogens with one attached hydrogen (secondary N) is 1. The highest BCUT2D eigenvalue weighted by atomic mass is 16.5. The number of carbonyl (C=O) groups is 1. The first-order valence-electron chi connectivity index (χ1n) is 6.46. The van der Waals surface area contributed by atoms with Crippen LogP contribution in [-0.2, 0) is 0 Å². The van der Waals surface area contributed by atoms with E-state index in [1.54, 1.807) is 6.92 Å². The Labute approximate surface area is 112 Å². The quantitative estimate of drug-likeness (QED) is 0.916. The number of aromatic nitrogens is 1. The second kappa shape index (κ2) is 5.69. The number of amides is 1. The molecule has 0 aliphatic heterocycles. The molecule has 4 nitrogen and oxygen atoms in total. The maximum atomic E-state index is 12.3. The minimum absolute atomic E-state index is 0.130. The molecule has 1 aromatic heterocycles. The lowest BCUT2D eigenvalue weighted by molar-refractivity contribution is 0.0938. The van der Waals surface area contributed by atoms with Gasteiger partial charge in [0.25, 0.3) is 5.91 Å². The van der Waals surface area contributed by atoms with E-state index in [4.69, 9.17) is 4.52 Å². The van der Waals surface area contributed by atoms with Gasteiger partial charge in [0.2, 0.25) is 0 Å². The van der Waals surface area contributed by atoms with Crippen molar-refractivity contribution in [2.75, 3.05) is 0 Å². The van der Waals surface area contributed by atoms with Gasteiger partial charge in [-0.15, -0.1) is 0 Å². The molecule has 1 aromatic carbocycles. The third-order valence-electron chi connectivity index (χ3n) is 3.13. The van der Waals surface area contributed by atoms with Crippen molar-refractivity contribution in [3.8, 4) is 11.3 Å². The Bertz CT molecular complexity index is 561. The van der Waals surface area contributed by atoms with Crippen LogP contribution in [0.15, 0.2) is 34.9 Å². The Morgan fingerprint density at radius 3 is 2.68 bits per heavy atom. The summed E-state index contributed by atoms with van der Waals surface area (Å²) in [6, 6.07) is 9.71. The molecule has 0 aliphatic rings. The minimum Gasteiger partial charge on any atom is -0.360 e. The van der Waals surface area contributed by atoms with Crippen LogP contribution in [0, 0.1) is 6.92 Å². The molecule has 0 bridgehead atoms. The Balaban J connectivity index is 2.36.